The predicted octanol–water partition coefficient (Wildman–Crippen LogP) is 3.15. The molecule has 2 fully saturated rings. The Kier molecular flexibility index (Phi) is 4.74. The minimum Gasteiger partial charge on any atom is -0.393 e. The van der Waals surface area contributed by atoms with Crippen molar-refractivity contribution in [2.45, 2.75) is 57.1 Å². The van der Waals surface area contributed by atoms with E-state index in [1.165, 1.54) is 31.2 Å². The van der Waals surface area contributed by atoms with Crippen molar-refractivity contribution in [3.05, 3.63) is 35.9 Å². The molecule has 0 bridgehead atoms. The van der Waals surface area contributed by atoms with Gasteiger partial charge >= 0.3 is 0 Å². The fourth-order valence-corrected chi connectivity index (χ4v) is 3.54. The molecule has 2 aliphatic rings. The number of benzene rings is 1. The van der Waals surface area contributed by atoms with Crippen molar-refractivity contribution in [2.75, 3.05) is 6.54 Å². The summed E-state index contributed by atoms with van der Waals surface area (Å²) in [7, 11) is 0. The minimum absolute atomic E-state index is 0.0518. The quantitative estimate of drug-likeness (QED) is 0.834. The van der Waals surface area contributed by atoms with Crippen LogP contribution < -0.4 is 5.32 Å². The molecule has 20 heavy (non-hydrogen) atoms. The van der Waals surface area contributed by atoms with E-state index in [0.29, 0.717) is 12.0 Å². The van der Waals surface area contributed by atoms with Gasteiger partial charge in [-0.05, 0) is 62.5 Å². The van der Waals surface area contributed by atoms with Gasteiger partial charge < -0.3 is 10.4 Å². The van der Waals surface area contributed by atoms with Crippen LogP contribution in [0.25, 0.3) is 0 Å². The summed E-state index contributed by atoms with van der Waals surface area (Å²) in [5, 5.41) is 13.6. The maximum Gasteiger partial charge on any atom is 0.0543 e. The minimum atomic E-state index is -0.0518. The summed E-state index contributed by atoms with van der Waals surface area (Å²) >= 11 is 0. The highest BCUT2D eigenvalue weighted by molar-refractivity contribution is 5.16. The molecule has 3 atom stereocenters. The van der Waals surface area contributed by atoms with Crippen molar-refractivity contribution in [1.82, 2.24) is 5.32 Å². The molecule has 1 aromatic rings. The summed E-state index contributed by atoms with van der Waals surface area (Å²) in [6.07, 6.45) is 8.36. The van der Waals surface area contributed by atoms with Crippen molar-refractivity contribution < 1.29 is 5.11 Å². The lowest BCUT2D eigenvalue weighted by Gasteiger charge is -2.28. The third kappa shape index (κ3) is 4.07. The standard InChI is InChI=1S/C18H27NO/c20-17-8-4-7-15(11-17)13-19-18(16-9-10-16)12-14-5-2-1-3-6-14/h1-3,5-6,15-20H,4,7-13H2. The molecule has 2 N–H and O–H groups in total. The number of nitrogens with one attached hydrogen (secondary N) is 1. The van der Waals surface area contributed by atoms with Crippen molar-refractivity contribution in [1.29, 1.82) is 0 Å². The van der Waals surface area contributed by atoms with Crippen LogP contribution in [0, 0.1) is 11.8 Å². The maximum atomic E-state index is 9.77. The van der Waals surface area contributed by atoms with Crippen LogP contribution in [0.4, 0.5) is 0 Å². The largest absolute Gasteiger partial charge is 0.393 e. The molecule has 2 aliphatic carbocycles. The SMILES string of the molecule is OC1CCCC(CNC(Cc2ccccc2)C2CC2)C1. The molecule has 0 spiro atoms. The van der Waals surface area contributed by atoms with Gasteiger partial charge in [0.15, 0.2) is 0 Å². The molecule has 1 aromatic carbocycles. The fraction of sp³-hybridized carbons (Fsp3) is 0.667. The lowest BCUT2D eigenvalue weighted by molar-refractivity contribution is 0.0993. The first-order valence-electron chi connectivity index (χ1n) is 8.26. The molecule has 0 aliphatic heterocycles. The molecule has 110 valence electrons. The van der Waals surface area contributed by atoms with Crippen molar-refractivity contribution in [3.8, 4) is 0 Å². The summed E-state index contributed by atoms with van der Waals surface area (Å²) in [6.45, 7) is 1.09. The van der Waals surface area contributed by atoms with Crippen LogP contribution in [-0.2, 0) is 6.42 Å². The van der Waals surface area contributed by atoms with E-state index in [2.05, 4.69) is 35.6 Å². The predicted molar refractivity (Wildman–Crippen MR) is 82.6 cm³/mol. The van der Waals surface area contributed by atoms with Crippen LogP contribution in [0.15, 0.2) is 30.3 Å². The molecular weight excluding hydrogens is 246 g/mol. The van der Waals surface area contributed by atoms with Gasteiger partial charge in [0.1, 0.15) is 0 Å². The molecule has 3 rings (SSSR count). The van der Waals surface area contributed by atoms with Gasteiger partial charge in [0.25, 0.3) is 0 Å². The average Bonchev–Trinajstić information content (AvgIpc) is 3.29. The highest BCUT2D eigenvalue weighted by atomic mass is 16.3. The molecule has 3 unspecified atom stereocenters. The Balaban J connectivity index is 1.50. The van der Waals surface area contributed by atoms with Crippen LogP contribution in [0.5, 0.6) is 0 Å². The van der Waals surface area contributed by atoms with E-state index in [0.717, 1.165) is 31.7 Å². The summed E-state index contributed by atoms with van der Waals surface area (Å²) in [5.41, 5.74) is 1.44. The van der Waals surface area contributed by atoms with Gasteiger partial charge in [-0.3, -0.25) is 0 Å². The third-order valence-corrected chi connectivity index (χ3v) is 4.91. The third-order valence-electron chi connectivity index (χ3n) is 4.91. The first-order chi connectivity index (χ1) is 9.81. The van der Waals surface area contributed by atoms with Crippen LogP contribution in [0.1, 0.15) is 44.1 Å². The molecule has 0 saturated heterocycles. The van der Waals surface area contributed by atoms with E-state index in [1.807, 2.05) is 0 Å². The van der Waals surface area contributed by atoms with Crippen molar-refractivity contribution in [3.63, 3.8) is 0 Å². The van der Waals surface area contributed by atoms with Gasteiger partial charge in [-0.1, -0.05) is 36.8 Å². The number of rotatable bonds is 6. The Morgan fingerprint density at radius 2 is 1.90 bits per heavy atom. The molecule has 2 saturated carbocycles. The van der Waals surface area contributed by atoms with Crippen molar-refractivity contribution >= 4 is 0 Å². The van der Waals surface area contributed by atoms with E-state index < -0.39 is 0 Å². The van der Waals surface area contributed by atoms with Gasteiger partial charge in [0.05, 0.1) is 6.10 Å². The summed E-state index contributed by atoms with van der Waals surface area (Å²) in [4.78, 5) is 0. The zero-order chi connectivity index (χ0) is 13.8. The van der Waals surface area contributed by atoms with Crippen LogP contribution in [0.2, 0.25) is 0 Å². The Hall–Kier alpha value is -0.860. The van der Waals surface area contributed by atoms with E-state index in [1.54, 1.807) is 0 Å². The summed E-state index contributed by atoms with van der Waals surface area (Å²) < 4.78 is 0. The van der Waals surface area contributed by atoms with Crippen LogP contribution in [-0.4, -0.2) is 23.8 Å². The highest BCUT2D eigenvalue weighted by Gasteiger charge is 2.31. The number of hydrogen-bond acceptors (Lipinski definition) is 2. The fourth-order valence-electron chi connectivity index (χ4n) is 3.54. The molecule has 0 aromatic heterocycles. The zero-order valence-electron chi connectivity index (χ0n) is 12.3. The highest BCUT2D eigenvalue weighted by Crippen LogP contribution is 2.34. The topological polar surface area (TPSA) is 32.3 Å². The van der Waals surface area contributed by atoms with Gasteiger partial charge in [-0.2, -0.15) is 0 Å². The number of aliphatic hydroxyl groups is 1. The van der Waals surface area contributed by atoms with E-state index in [9.17, 15) is 5.11 Å². The lowest BCUT2D eigenvalue weighted by atomic mass is 9.87. The average molecular weight is 273 g/mol. The first kappa shape index (κ1) is 14.1. The molecular formula is C18H27NO. The normalized spacial score (nSPS) is 28.2. The monoisotopic (exact) mass is 273 g/mol. The lowest BCUT2D eigenvalue weighted by Crippen LogP contribution is -2.38. The van der Waals surface area contributed by atoms with Gasteiger partial charge in [-0.25, -0.2) is 0 Å². The van der Waals surface area contributed by atoms with Crippen molar-refractivity contribution in [2.24, 2.45) is 11.8 Å². The Bertz CT molecular complexity index is 401. The number of aliphatic hydroxyl groups excluding tert-OH is 1. The van der Waals surface area contributed by atoms with E-state index >= 15 is 0 Å². The number of hydrogen-bond donors (Lipinski definition) is 2. The van der Waals surface area contributed by atoms with Gasteiger partial charge in [-0.15, -0.1) is 0 Å². The Labute approximate surface area is 122 Å². The molecule has 2 heteroatoms. The molecule has 2 nitrogen and oxygen atoms in total. The van der Waals surface area contributed by atoms with Gasteiger partial charge in [0.2, 0.25) is 0 Å². The van der Waals surface area contributed by atoms with Crippen LogP contribution >= 0.6 is 0 Å². The summed E-state index contributed by atoms with van der Waals surface area (Å²) in [6, 6.07) is 11.5. The van der Waals surface area contributed by atoms with Gasteiger partial charge in [0, 0.05) is 6.04 Å². The summed E-state index contributed by atoms with van der Waals surface area (Å²) in [5.74, 6) is 1.56. The molecule has 0 heterocycles. The second-order valence-electron chi connectivity index (χ2n) is 6.73. The first-order valence-corrected chi connectivity index (χ1v) is 8.26. The van der Waals surface area contributed by atoms with E-state index in [4.69, 9.17) is 0 Å². The zero-order valence-corrected chi connectivity index (χ0v) is 12.3. The second-order valence-corrected chi connectivity index (χ2v) is 6.73. The smallest absolute Gasteiger partial charge is 0.0543 e. The molecule has 0 amide bonds. The van der Waals surface area contributed by atoms with Crippen LogP contribution in [0.3, 0.4) is 0 Å². The van der Waals surface area contributed by atoms with E-state index in [-0.39, 0.29) is 6.10 Å². The Morgan fingerprint density at radius 1 is 1.10 bits per heavy atom. The Morgan fingerprint density at radius 3 is 2.60 bits per heavy atom. The molecule has 0 radical (unpaired) electrons. The maximum absolute atomic E-state index is 9.77. The second kappa shape index (κ2) is 6.73.